The maximum absolute atomic E-state index is 12.5. The number of halogens is 1. The molecular weight excluding hydrogens is 310 g/mol. The van der Waals surface area contributed by atoms with E-state index in [1.54, 1.807) is 19.2 Å². The summed E-state index contributed by atoms with van der Waals surface area (Å²) >= 11 is 3.37. The summed E-state index contributed by atoms with van der Waals surface area (Å²) in [5.74, 6) is 1.00. The van der Waals surface area contributed by atoms with Gasteiger partial charge in [0.1, 0.15) is 5.75 Å². The number of aliphatic hydroxyl groups excluding tert-OH is 1. The predicted molar refractivity (Wildman–Crippen MR) is 76.4 cm³/mol. The van der Waals surface area contributed by atoms with E-state index in [1.165, 1.54) is 0 Å². The molecule has 1 aromatic rings. The number of ether oxygens (including phenoxy) is 1. The largest absolute Gasteiger partial charge is 0.496 e. The molecule has 1 atom stereocenters. The molecule has 1 N–H and O–H groups in total. The van der Waals surface area contributed by atoms with Crippen molar-refractivity contribution in [2.45, 2.75) is 12.8 Å². The number of benzene rings is 1. The first-order chi connectivity index (χ1) is 9.15. The van der Waals surface area contributed by atoms with Gasteiger partial charge in [-0.25, -0.2) is 0 Å². The Balaban J connectivity index is 2.12. The number of carbonyl (C=O) groups is 1. The topological polar surface area (TPSA) is 49.8 Å². The van der Waals surface area contributed by atoms with Crippen LogP contribution >= 0.6 is 15.9 Å². The van der Waals surface area contributed by atoms with Crippen molar-refractivity contribution in [3.8, 4) is 5.75 Å². The smallest absolute Gasteiger partial charge is 0.257 e. The van der Waals surface area contributed by atoms with Gasteiger partial charge >= 0.3 is 0 Å². The maximum Gasteiger partial charge on any atom is 0.257 e. The van der Waals surface area contributed by atoms with E-state index >= 15 is 0 Å². The fourth-order valence-electron chi connectivity index (χ4n) is 2.45. The molecule has 0 aromatic heterocycles. The van der Waals surface area contributed by atoms with Gasteiger partial charge in [-0.05, 0) is 37.0 Å². The lowest BCUT2D eigenvalue weighted by molar-refractivity contribution is 0.0781. The predicted octanol–water partition coefficient (Wildman–Crippen LogP) is 2.30. The van der Waals surface area contributed by atoms with E-state index in [9.17, 15) is 4.79 Å². The lowest BCUT2D eigenvalue weighted by Gasteiger charge is -2.18. The van der Waals surface area contributed by atoms with Crippen molar-refractivity contribution in [1.82, 2.24) is 4.90 Å². The van der Waals surface area contributed by atoms with Gasteiger partial charge in [-0.2, -0.15) is 0 Å². The molecule has 0 bridgehead atoms. The van der Waals surface area contributed by atoms with Crippen LogP contribution < -0.4 is 4.74 Å². The Morgan fingerprint density at radius 2 is 2.37 bits per heavy atom. The quantitative estimate of drug-likeness (QED) is 0.923. The minimum absolute atomic E-state index is 0.00443. The summed E-state index contributed by atoms with van der Waals surface area (Å²) in [7, 11) is 1.57. The van der Waals surface area contributed by atoms with Gasteiger partial charge in [0.25, 0.3) is 5.91 Å². The molecule has 1 fully saturated rings. The molecule has 1 heterocycles. The molecule has 2 rings (SSSR count). The lowest BCUT2D eigenvalue weighted by atomic mass is 10.1. The third-order valence-electron chi connectivity index (χ3n) is 3.50. The Bertz CT molecular complexity index is 464. The molecule has 4 nitrogen and oxygen atoms in total. The van der Waals surface area contributed by atoms with Gasteiger partial charge in [-0.15, -0.1) is 0 Å². The molecule has 0 radical (unpaired) electrons. The molecule has 0 spiro atoms. The summed E-state index contributed by atoms with van der Waals surface area (Å²) in [5.41, 5.74) is 0.593. The first-order valence-corrected chi connectivity index (χ1v) is 7.18. The van der Waals surface area contributed by atoms with Gasteiger partial charge in [-0.1, -0.05) is 15.9 Å². The highest BCUT2D eigenvalue weighted by Gasteiger charge is 2.28. The highest BCUT2D eigenvalue weighted by Crippen LogP contribution is 2.27. The maximum atomic E-state index is 12.5. The molecular formula is C14H18BrNO3. The standard InChI is InChI=1S/C14H18BrNO3/c1-19-13-8-11(15)2-3-12(13)14(18)16-6-4-10(9-16)5-7-17/h2-3,8,10,17H,4-7,9H2,1H3. The normalized spacial score (nSPS) is 18.7. The van der Waals surface area contributed by atoms with Crippen LogP contribution in [-0.4, -0.2) is 42.7 Å². The van der Waals surface area contributed by atoms with Crippen LogP contribution in [0.5, 0.6) is 5.75 Å². The number of methoxy groups -OCH3 is 1. The molecule has 1 amide bonds. The zero-order chi connectivity index (χ0) is 13.8. The molecule has 104 valence electrons. The summed E-state index contributed by atoms with van der Waals surface area (Å²) in [6.07, 6.45) is 1.73. The number of amides is 1. The fraction of sp³-hybridized carbons (Fsp3) is 0.500. The molecule has 19 heavy (non-hydrogen) atoms. The average Bonchev–Trinajstić information content (AvgIpc) is 2.87. The van der Waals surface area contributed by atoms with Crippen LogP contribution in [0, 0.1) is 5.92 Å². The van der Waals surface area contributed by atoms with E-state index in [4.69, 9.17) is 9.84 Å². The third-order valence-corrected chi connectivity index (χ3v) is 4.00. The second-order valence-corrected chi connectivity index (χ2v) is 5.68. The number of nitrogens with zero attached hydrogens (tertiary/aromatic N) is 1. The highest BCUT2D eigenvalue weighted by molar-refractivity contribution is 9.10. The van der Waals surface area contributed by atoms with E-state index < -0.39 is 0 Å². The van der Waals surface area contributed by atoms with Gasteiger partial charge in [0.15, 0.2) is 0 Å². The van der Waals surface area contributed by atoms with Crippen molar-refractivity contribution in [1.29, 1.82) is 0 Å². The Labute approximate surface area is 121 Å². The lowest BCUT2D eigenvalue weighted by Crippen LogP contribution is -2.29. The fourth-order valence-corrected chi connectivity index (χ4v) is 2.79. The molecule has 1 unspecified atom stereocenters. The number of rotatable bonds is 4. The second kappa shape index (κ2) is 6.39. The first kappa shape index (κ1) is 14.3. The van der Waals surface area contributed by atoms with Crippen LogP contribution in [0.4, 0.5) is 0 Å². The molecule has 1 aromatic carbocycles. The third kappa shape index (κ3) is 3.28. The molecule has 0 saturated carbocycles. The van der Waals surface area contributed by atoms with Crippen LogP contribution in [0.3, 0.4) is 0 Å². The van der Waals surface area contributed by atoms with E-state index in [0.29, 0.717) is 17.2 Å². The molecule has 1 saturated heterocycles. The molecule has 1 aliphatic rings. The minimum atomic E-state index is 0.00443. The second-order valence-electron chi connectivity index (χ2n) is 4.76. The van der Waals surface area contributed by atoms with Crippen LogP contribution in [0.1, 0.15) is 23.2 Å². The molecule has 5 heteroatoms. The van der Waals surface area contributed by atoms with Crippen molar-refractivity contribution in [2.24, 2.45) is 5.92 Å². The number of likely N-dealkylation sites (tertiary alicyclic amines) is 1. The van der Waals surface area contributed by atoms with E-state index in [2.05, 4.69) is 15.9 Å². The Morgan fingerprint density at radius 3 is 3.05 bits per heavy atom. The minimum Gasteiger partial charge on any atom is -0.496 e. The van der Waals surface area contributed by atoms with Crippen LogP contribution in [0.15, 0.2) is 22.7 Å². The summed E-state index contributed by atoms with van der Waals surface area (Å²) in [4.78, 5) is 14.3. The molecule has 1 aliphatic heterocycles. The SMILES string of the molecule is COc1cc(Br)ccc1C(=O)N1CCC(CCO)C1. The molecule has 0 aliphatic carbocycles. The van der Waals surface area contributed by atoms with Gasteiger partial charge < -0.3 is 14.7 Å². The van der Waals surface area contributed by atoms with E-state index in [-0.39, 0.29) is 12.5 Å². The number of aliphatic hydroxyl groups is 1. The first-order valence-electron chi connectivity index (χ1n) is 6.39. The number of carbonyl (C=O) groups excluding carboxylic acids is 1. The monoisotopic (exact) mass is 327 g/mol. The van der Waals surface area contributed by atoms with E-state index in [1.807, 2.05) is 11.0 Å². The van der Waals surface area contributed by atoms with Crippen molar-refractivity contribution in [3.63, 3.8) is 0 Å². The van der Waals surface area contributed by atoms with Crippen molar-refractivity contribution < 1.29 is 14.6 Å². The number of hydrogen-bond donors (Lipinski definition) is 1. The van der Waals surface area contributed by atoms with Crippen LogP contribution in [0.25, 0.3) is 0 Å². The van der Waals surface area contributed by atoms with Gasteiger partial charge in [0, 0.05) is 24.2 Å². The number of hydrogen-bond acceptors (Lipinski definition) is 3. The van der Waals surface area contributed by atoms with Crippen molar-refractivity contribution in [2.75, 3.05) is 26.8 Å². The summed E-state index contributed by atoms with van der Waals surface area (Å²) in [6, 6.07) is 5.43. The van der Waals surface area contributed by atoms with Gasteiger partial charge in [0.2, 0.25) is 0 Å². The van der Waals surface area contributed by atoms with E-state index in [0.717, 1.165) is 30.4 Å². The zero-order valence-corrected chi connectivity index (χ0v) is 12.5. The zero-order valence-electron chi connectivity index (χ0n) is 10.9. The van der Waals surface area contributed by atoms with Gasteiger partial charge in [-0.3, -0.25) is 4.79 Å². The Kier molecular flexibility index (Phi) is 4.82. The average molecular weight is 328 g/mol. The van der Waals surface area contributed by atoms with Crippen molar-refractivity contribution in [3.05, 3.63) is 28.2 Å². The Morgan fingerprint density at radius 1 is 1.58 bits per heavy atom. The van der Waals surface area contributed by atoms with Crippen molar-refractivity contribution >= 4 is 21.8 Å². The van der Waals surface area contributed by atoms with Crippen LogP contribution in [0.2, 0.25) is 0 Å². The summed E-state index contributed by atoms with van der Waals surface area (Å²) in [6.45, 7) is 1.66. The Hall–Kier alpha value is -1.07. The van der Waals surface area contributed by atoms with Gasteiger partial charge in [0.05, 0.1) is 12.7 Å². The van der Waals surface area contributed by atoms with Crippen LogP contribution in [-0.2, 0) is 0 Å². The summed E-state index contributed by atoms with van der Waals surface area (Å²) < 4.78 is 6.15. The highest BCUT2D eigenvalue weighted by atomic mass is 79.9. The summed E-state index contributed by atoms with van der Waals surface area (Å²) in [5, 5.41) is 8.95.